The normalized spacial score (nSPS) is 15.6. The highest BCUT2D eigenvalue weighted by molar-refractivity contribution is 6.36. The SMILES string of the molecule is CN1C(=O)[C@@H](NC(=O)Nc2ccc(Cl)cc2Cl)N=C(c2ccccc2)c2ccccc21. The molecule has 0 fully saturated rings. The van der Waals surface area contributed by atoms with Crippen LogP contribution in [0.25, 0.3) is 0 Å². The quantitative estimate of drug-likeness (QED) is 0.589. The molecule has 1 aliphatic heterocycles. The number of nitrogens with one attached hydrogen (secondary N) is 2. The molecule has 1 aliphatic rings. The molecule has 0 saturated carbocycles. The van der Waals surface area contributed by atoms with Gasteiger partial charge in [-0.25, -0.2) is 9.79 Å². The van der Waals surface area contributed by atoms with E-state index < -0.39 is 12.2 Å². The first-order chi connectivity index (χ1) is 14.9. The first-order valence-corrected chi connectivity index (χ1v) is 10.2. The second-order valence-corrected chi connectivity index (χ2v) is 7.73. The fraction of sp³-hybridized carbons (Fsp3) is 0.0870. The van der Waals surface area contributed by atoms with E-state index in [2.05, 4.69) is 15.6 Å². The number of benzodiazepines with no additional fused rings is 1. The third-order valence-corrected chi connectivity index (χ3v) is 5.39. The number of para-hydroxylation sites is 1. The molecule has 31 heavy (non-hydrogen) atoms. The molecule has 2 N–H and O–H groups in total. The van der Waals surface area contributed by atoms with Crippen molar-refractivity contribution < 1.29 is 9.59 Å². The number of halogens is 2. The maximum absolute atomic E-state index is 13.1. The van der Waals surface area contributed by atoms with Crippen LogP contribution in [-0.4, -0.2) is 30.9 Å². The Labute approximate surface area is 189 Å². The molecule has 0 aliphatic carbocycles. The molecule has 0 unspecified atom stereocenters. The maximum Gasteiger partial charge on any atom is 0.321 e. The number of rotatable bonds is 3. The number of anilines is 2. The van der Waals surface area contributed by atoms with Gasteiger partial charge in [0.05, 0.1) is 22.1 Å². The van der Waals surface area contributed by atoms with Crippen molar-refractivity contribution in [2.45, 2.75) is 6.17 Å². The van der Waals surface area contributed by atoms with Gasteiger partial charge in [-0.1, -0.05) is 71.7 Å². The van der Waals surface area contributed by atoms with Crippen molar-refractivity contribution in [2.24, 2.45) is 4.99 Å². The van der Waals surface area contributed by atoms with Crippen LogP contribution in [0.3, 0.4) is 0 Å². The van der Waals surface area contributed by atoms with Crippen LogP contribution < -0.4 is 15.5 Å². The molecule has 3 amide bonds. The van der Waals surface area contributed by atoms with Gasteiger partial charge in [0.15, 0.2) is 0 Å². The molecule has 4 rings (SSSR count). The van der Waals surface area contributed by atoms with Crippen molar-refractivity contribution in [3.63, 3.8) is 0 Å². The van der Waals surface area contributed by atoms with Gasteiger partial charge in [-0.15, -0.1) is 0 Å². The summed E-state index contributed by atoms with van der Waals surface area (Å²) in [5.41, 5.74) is 3.33. The third kappa shape index (κ3) is 4.40. The lowest BCUT2D eigenvalue weighted by Crippen LogP contribution is -2.47. The molecular weight excluding hydrogens is 435 g/mol. The number of fused-ring (bicyclic) bond motifs is 1. The van der Waals surface area contributed by atoms with Crippen LogP contribution in [0.2, 0.25) is 10.0 Å². The van der Waals surface area contributed by atoms with Gasteiger partial charge in [0.1, 0.15) is 0 Å². The average molecular weight is 453 g/mol. The molecule has 156 valence electrons. The highest BCUT2D eigenvalue weighted by Gasteiger charge is 2.31. The Morgan fingerprint density at radius 2 is 1.71 bits per heavy atom. The summed E-state index contributed by atoms with van der Waals surface area (Å²) >= 11 is 12.0. The van der Waals surface area contributed by atoms with Gasteiger partial charge in [0.2, 0.25) is 6.17 Å². The Morgan fingerprint density at radius 1 is 1.00 bits per heavy atom. The number of urea groups is 1. The number of likely N-dealkylation sites (N-methyl/N-ethyl adjacent to an activating group) is 1. The minimum absolute atomic E-state index is 0.285. The summed E-state index contributed by atoms with van der Waals surface area (Å²) in [7, 11) is 1.66. The van der Waals surface area contributed by atoms with E-state index in [1.807, 2.05) is 54.6 Å². The van der Waals surface area contributed by atoms with E-state index in [0.717, 1.165) is 11.1 Å². The van der Waals surface area contributed by atoms with Crippen LogP contribution in [0.15, 0.2) is 77.8 Å². The molecule has 0 radical (unpaired) electrons. The molecule has 1 heterocycles. The van der Waals surface area contributed by atoms with Crippen LogP contribution in [0, 0.1) is 0 Å². The van der Waals surface area contributed by atoms with Crippen LogP contribution >= 0.6 is 23.2 Å². The van der Waals surface area contributed by atoms with Crippen LogP contribution in [0.4, 0.5) is 16.2 Å². The van der Waals surface area contributed by atoms with Crippen molar-refractivity contribution in [1.82, 2.24) is 5.32 Å². The van der Waals surface area contributed by atoms with E-state index in [1.54, 1.807) is 19.2 Å². The van der Waals surface area contributed by atoms with Crippen molar-refractivity contribution in [3.8, 4) is 0 Å². The molecule has 0 saturated heterocycles. The number of amides is 3. The van der Waals surface area contributed by atoms with Crippen LogP contribution in [0.1, 0.15) is 11.1 Å². The lowest BCUT2D eigenvalue weighted by atomic mass is 10.0. The summed E-state index contributed by atoms with van der Waals surface area (Å²) in [5.74, 6) is -0.365. The number of benzene rings is 3. The zero-order valence-corrected chi connectivity index (χ0v) is 18.0. The van der Waals surface area contributed by atoms with E-state index in [0.29, 0.717) is 22.1 Å². The number of hydrogen-bond acceptors (Lipinski definition) is 3. The lowest BCUT2D eigenvalue weighted by molar-refractivity contribution is -0.119. The highest BCUT2D eigenvalue weighted by Crippen LogP contribution is 2.28. The van der Waals surface area contributed by atoms with Crippen molar-refractivity contribution in [1.29, 1.82) is 0 Å². The Morgan fingerprint density at radius 3 is 2.45 bits per heavy atom. The van der Waals surface area contributed by atoms with Gasteiger partial charge in [0.25, 0.3) is 5.91 Å². The van der Waals surface area contributed by atoms with E-state index >= 15 is 0 Å². The second kappa shape index (κ2) is 8.79. The number of hydrogen-bond donors (Lipinski definition) is 2. The van der Waals surface area contributed by atoms with Crippen molar-refractivity contribution in [3.05, 3.63) is 94.0 Å². The predicted octanol–water partition coefficient (Wildman–Crippen LogP) is 4.96. The number of carbonyl (C=O) groups excluding carboxylic acids is 2. The Bertz CT molecular complexity index is 1180. The largest absolute Gasteiger partial charge is 0.321 e. The Hall–Kier alpha value is -3.35. The number of nitrogens with zero attached hydrogens (tertiary/aromatic N) is 2. The fourth-order valence-electron chi connectivity index (χ4n) is 3.32. The zero-order chi connectivity index (χ0) is 22.0. The predicted molar refractivity (Wildman–Crippen MR) is 124 cm³/mol. The average Bonchev–Trinajstić information content (AvgIpc) is 2.87. The molecular formula is C23H18Cl2N4O2. The standard InChI is InChI=1S/C23H18Cl2N4O2/c1-29-19-10-6-5-9-16(19)20(14-7-3-2-4-8-14)27-21(22(29)30)28-23(31)26-18-12-11-15(24)13-17(18)25/h2-13,21H,1H3,(H2,26,28,31)/t21-/m1/s1. The summed E-state index contributed by atoms with van der Waals surface area (Å²) in [4.78, 5) is 31.9. The van der Waals surface area contributed by atoms with Gasteiger partial charge in [0, 0.05) is 23.2 Å². The second-order valence-electron chi connectivity index (χ2n) is 6.88. The molecule has 3 aromatic carbocycles. The molecule has 1 atom stereocenters. The van der Waals surface area contributed by atoms with E-state index in [-0.39, 0.29) is 10.9 Å². The van der Waals surface area contributed by atoms with Gasteiger partial charge in [-0.2, -0.15) is 0 Å². The Balaban J connectivity index is 1.68. The van der Waals surface area contributed by atoms with E-state index in [9.17, 15) is 9.59 Å². The molecule has 0 aromatic heterocycles. The summed E-state index contributed by atoms with van der Waals surface area (Å²) in [6.45, 7) is 0. The molecule has 0 spiro atoms. The summed E-state index contributed by atoms with van der Waals surface area (Å²) in [6, 6.07) is 21.1. The molecule has 6 nitrogen and oxygen atoms in total. The topological polar surface area (TPSA) is 73.8 Å². The van der Waals surface area contributed by atoms with E-state index in [4.69, 9.17) is 23.2 Å². The number of carbonyl (C=O) groups is 2. The third-order valence-electron chi connectivity index (χ3n) is 4.84. The van der Waals surface area contributed by atoms with Crippen LogP contribution in [0.5, 0.6) is 0 Å². The summed E-state index contributed by atoms with van der Waals surface area (Å²) in [6.07, 6.45) is -1.13. The minimum atomic E-state index is -1.13. The summed E-state index contributed by atoms with van der Waals surface area (Å²) < 4.78 is 0. The van der Waals surface area contributed by atoms with Gasteiger partial charge < -0.3 is 15.5 Å². The van der Waals surface area contributed by atoms with Gasteiger partial charge in [-0.3, -0.25) is 4.79 Å². The smallest absolute Gasteiger partial charge is 0.311 e. The lowest BCUT2D eigenvalue weighted by Gasteiger charge is -2.21. The van der Waals surface area contributed by atoms with Gasteiger partial charge >= 0.3 is 6.03 Å². The van der Waals surface area contributed by atoms with Crippen molar-refractivity contribution >= 4 is 52.2 Å². The highest BCUT2D eigenvalue weighted by atomic mass is 35.5. The maximum atomic E-state index is 13.1. The number of aliphatic imine (C=N–C) groups is 1. The summed E-state index contributed by atoms with van der Waals surface area (Å²) in [5, 5.41) is 6.01. The molecule has 3 aromatic rings. The van der Waals surface area contributed by atoms with Crippen molar-refractivity contribution in [2.75, 3.05) is 17.3 Å². The van der Waals surface area contributed by atoms with Crippen LogP contribution in [-0.2, 0) is 4.79 Å². The first-order valence-electron chi connectivity index (χ1n) is 9.47. The monoisotopic (exact) mass is 452 g/mol. The Kier molecular flexibility index (Phi) is 5.93. The molecule has 0 bridgehead atoms. The minimum Gasteiger partial charge on any atom is -0.311 e. The van der Waals surface area contributed by atoms with E-state index in [1.165, 1.54) is 11.0 Å². The fourth-order valence-corrected chi connectivity index (χ4v) is 3.77. The van der Waals surface area contributed by atoms with Gasteiger partial charge in [-0.05, 0) is 24.3 Å². The zero-order valence-electron chi connectivity index (χ0n) is 16.5. The molecule has 8 heteroatoms. The first kappa shape index (κ1) is 20.9.